The molecule has 1 aliphatic rings. The van der Waals surface area contributed by atoms with E-state index >= 15 is 0 Å². The molecule has 0 saturated carbocycles. The largest absolute Gasteiger partial charge is 0.340 e. The Bertz CT molecular complexity index is 1670. The second-order valence-electron chi connectivity index (χ2n) is 9.39. The van der Waals surface area contributed by atoms with E-state index in [0.717, 1.165) is 52.4 Å². The molecule has 0 bridgehead atoms. The first-order valence-corrected chi connectivity index (χ1v) is 13.2. The number of hydrogen-bond acceptors (Lipinski definition) is 5. The fourth-order valence-electron chi connectivity index (χ4n) is 4.86. The van der Waals surface area contributed by atoms with Gasteiger partial charge in [-0.1, -0.05) is 53.0 Å². The van der Waals surface area contributed by atoms with Crippen molar-refractivity contribution in [2.45, 2.75) is 13.3 Å². The molecule has 5 aromatic rings. The fraction of sp³-hybridized carbons (Fsp3) is 0.214. The summed E-state index contributed by atoms with van der Waals surface area (Å²) in [6.45, 7) is 4.54. The van der Waals surface area contributed by atoms with Crippen molar-refractivity contribution in [3.63, 3.8) is 0 Å². The van der Waals surface area contributed by atoms with Crippen molar-refractivity contribution in [2.75, 3.05) is 36.4 Å². The summed E-state index contributed by atoms with van der Waals surface area (Å²) in [5.41, 5.74) is 4.25. The van der Waals surface area contributed by atoms with Gasteiger partial charge in [0.05, 0.1) is 5.52 Å². The molecule has 2 amide bonds. The maximum atomic E-state index is 13.0. The van der Waals surface area contributed by atoms with Crippen LogP contribution in [0.4, 0.5) is 16.4 Å². The zero-order valence-electron chi connectivity index (χ0n) is 20.7. The molecule has 2 aromatic heterocycles. The van der Waals surface area contributed by atoms with Gasteiger partial charge in [-0.2, -0.15) is 0 Å². The molecule has 0 atom stereocenters. The Hall–Kier alpha value is -3.88. The van der Waals surface area contributed by atoms with E-state index in [4.69, 9.17) is 28.2 Å². The van der Waals surface area contributed by atoms with E-state index in [1.807, 2.05) is 51.8 Å². The lowest BCUT2D eigenvalue weighted by Crippen LogP contribution is -2.38. The summed E-state index contributed by atoms with van der Waals surface area (Å²) in [4.78, 5) is 22.1. The molecule has 0 spiro atoms. The summed E-state index contributed by atoms with van der Waals surface area (Å²) in [5, 5.41) is 14.2. The third-order valence-electron chi connectivity index (χ3n) is 6.70. The third-order valence-corrected chi connectivity index (χ3v) is 7.17. The molecule has 0 aliphatic carbocycles. The minimum absolute atomic E-state index is 0.151. The zero-order valence-corrected chi connectivity index (χ0v) is 22.2. The Balaban J connectivity index is 1.36. The maximum absolute atomic E-state index is 13.0. The van der Waals surface area contributed by atoms with Crippen molar-refractivity contribution in [1.29, 1.82) is 0 Å². The minimum atomic E-state index is -0.151. The van der Waals surface area contributed by atoms with Crippen LogP contribution in [-0.2, 0) is 0 Å². The average Bonchev–Trinajstić information content (AvgIpc) is 3.19. The lowest BCUT2D eigenvalue weighted by Gasteiger charge is -2.24. The van der Waals surface area contributed by atoms with Crippen LogP contribution in [0.2, 0.25) is 10.0 Å². The third kappa shape index (κ3) is 4.73. The molecule has 1 aliphatic heterocycles. The predicted molar refractivity (Wildman–Crippen MR) is 152 cm³/mol. The second-order valence-corrected chi connectivity index (χ2v) is 10.3. The number of amides is 2. The van der Waals surface area contributed by atoms with Gasteiger partial charge in [-0.3, -0.25) is 0 Å². The number of fused-ring (bicyclic) bond motifs is 3. The van der Waals surface area contributed by atoms with E-state index in [0.29, 0.717) is 35.4 Å². The van der Waals surface area contributed by atoms with Crippen LogP contribution in [0, 0.1) is 6.92 Å². The highest BCUT2D eigenvalue weighted by atomic mass is 35.5. The van der Waals surface area contributed by atoms with Crippen LogP contribution in [0.1, 0.15) is 12.0 Å². The van der Waals surface area contributed by atoms with Crippen molar-refractivity contribution < 1.29 is 4.79 Å². The molecule has 8 nitrogen and oxygen atoms in total. The highest BCUT2D eigenvalue weighted by molar-refractivity contribution is 6.31. The normalized spacial score (nSPS) is 14.2. The Labute approximate surface area is 229 Å². The Morgan fingerprint density at radius 1 is 0.895 bits per heavy atom. The summed E-state index contributed by atoms with van der Waals surface area (Å²) in [6.07, 6.45) is 0.779. The number of carbonyl (C=O) groups excluding carboxylic acids is 1. The van der Waals surface area contributed by atoms with Crippen LogP contribution in [0.25, 0.3) is 27.9 Å². The fourth-order valence-corrected chi connectivity index (χ4v) is 5.22. The highest BCUT2D eigenvalue weighted by Gasteiger charge is 2.25. The van der Waals surface area contributed by atoms with Gasteiger partial charge in [0, 0.05) is 52.9 Å². The van der Waals surface area contributed by atoms with Gasteiger partial charge in [0.25, 0.3) is 0 Å². The topological polar surface area (TPSA) is 78.7 Å². The molecule has 38 heavy (non-hydrogen) atoms. The van der Waals surface area contributed by atoms with Gasteiger partial charge in [-0.15, -0.1) is 10.2 Å². The van der Waals surface area contributed by atoms with Gasteiger partial charge in [0.2, 0.25) is 5.95 Å². The SMILES string of the molecule is Cc1cccc(-c2nnc3c4ccc(Cl)cc4nc(N4CCCN(C(=O)Nc5cccc(Cl)c5)CC4)n23)c1. The average molecular weight is 546 g/mol. The van der Waals surface area contributed by atoms with Crippen LogP contribution in [0.5, 0.6) is 0 Å². The van der Waals surface area contributed by atoms with E-state index < -0.39 is 0 Å². The molecule has 0 radical (unpaired) electrons. The van der Waals surface area contributed by atoms with Crippen LogP contribution in [0.15, 0.2) is 66.7 Å². The first-order valence-electron chi connectivity index (χ1n) is 12.4. The van der Waals surface area contributed by atoms with Crippen molar-refractivity contribution in [1.82, 2.24) is 24.5 Å². The minimum Gasteiger partial charge on any atom is -0.340 e. The summed E-state index contributed by atoms with van der Waals surface area (Å²) in [6, 6.07) is 20.8. The van der Waals surface area contributed by atoms with Crippen LogP contribution < -0.4 is 10.2 Å². The molecule has 10 heteroatoms. The number of benzene rings is 3. The highest BCUT2D eigenvalue weighted by Crippen LogP contribution is 2.30. The van der Waals surface area contributed by atoms with Crippen LogP contribution in [0.3, 0.4) is 0 Å². The van der Waals surface area contributed by atoms with Crippen LogP contribution >= 0.6 is 23.2 Å². The number of nitrogens with zero attached hydrogens (tertiary/aromatic N) is 6. The predicted octanol–water partition coefficient (Wildman–Crippen LogP) is 6.30. The first kappa shape index (κ1) is 24.5. The van der Waals surface area contributed by atoms with Gasteiger partial charge < -0.3 is 15.1 Å². The summed E-state index contributed by atoms with van der Waals surface area (Å²) >= 11 is 12.4. The Morgan fingerprint density at radius 3 is 2.58 bits per heavy atom. The smallest absolute Gasteiger partial charge is 0.321 e. The molecular formula is C28H25Cl2N7O. The number of aryl methyl sites for hydroxylation is 1. The standard InChI is InChI=1S/C28H25Cl2N7O/c1-18-5-2-6-19(15-18)25-33-34-26-23-10-9-21(30)17-24(23)32-27(37(25)26)35-11-4-12-36(14-13-35)28(38)31-22-8-3-7-20(29)16-22/h2-3,5-10,15-17H,4,11-14H2,1H3,(H,31,38). The lowest BCUT2D eigenvalue weighted by atomic mass is 10.1. The number of rotatable bonds is 3. The Morgan fingerprint density at radius 2 is 1.74 bits per heavy atom. The van der Waals surface area contributed by atoms with E-state index in [1.165, 1.54) is 0 Å². The summed E-state index contributed by atoms with van der Waals surface area (Å²) in [5.74, 6) is 1.45. The zero-order chi connectivity index (χ0) is 26.2. The van der Waals surface area contributed by atoms with E-state index in [-0.39, 0.29) is 6.03 Å². The van der Waals surface area contributed by atoms with Crippen molar-refractivity contribution >= 4 is 57.4 Å². The number of urea groups is 1. The Kier molecular flexibility index (Phi) is 6.51. The van der Waals surface area contributed by atoms with Gasteiger partial charge in [0.15, 0.2) is 11.5 Å². The molecule has 192 valence electrons. The second kappa shape index (κ2) is 10.1. The van der Waals surface area contributed by atoms with Gasteiger partial charge in [-0.05, 0) is 55.8 Å². The molecular weight excluding hydrogens is 521 g/mol. The van der Waals surface area contributed by atoms with E-state index in [1.54, 1.807) is 12.1 Å². The van der Waals surface area contributed by atoms with Gasteiger partial charge in [0.1, 0.15) is 0 Å². The van der Waals surface area contributed by atoms with E-state index in [9.17, 15) is 4.79 Å². The number of hydrogen-bond donors (Lipinski definition) is 1. The number of nitrogens with one attached hydrogen (secondary N) is 1. The lowest BCUT2D eigenvalue weighted by molar-refractivity contribution is 0.215. The van der Waals surface area contributed by atoms with Crippen LogP contribution in [-0.4, -0.2) is 56.7 Å². The molecule has 1 N–H and O–H groups in total. The molecule has 1 saturated heterocycles. The first-order chi connectivity index (χ1) is 18.5. The number of carbonyl (C=O) groups is 1. The summed E-state index contributed by atoms with van der Waals surface area (Å²) in [7, 11) is 0. The molecule has 1 fully saturated rings. The summed E-state index contributed by atoms with van der Waals surface area (Å²) < 4.78 is 2.02. The van der Waals surface area contributed by atoms with Crippen molar-refractivity contribution in [2.24, 2.45) is 0 Å². The number of aromatic nitrogens is 4. The number of halogens is 2. The van der Waals surface area contributed by atoms with E-state index in [2.05, 4.69) is 39.5 Å². The quantitative estimate of drug-likeness (QED) is 0.287. The molecule has 3 heterocycles. The number of anilines is 2. The molecule has 3 aromatic carbocycles. The van der Waals surface area contributed by atoms with Crippen molar-refractivity contribution in [3.05, 3.63) is 82.3 Å². The molecule has 0 unspecified atom stereocenters. The molecule has 6 rings (SSSR count). The van der Waals surface area contributed by atoms with Gasteiger partial charge in [-0.25, -0.2) is 14.2 Å². The maximum Gasteiger partial charge on any atom is 0.321 e. The van der Waals surface area contributed by atoms with Crippen molar-refractivity contribution in [3.8, 4) is 11.4 Å². The van der Waals surface area contributed by atoms with Gasteiger partial charge >= 0.3 is 6.03 Å². The monoisotopic (exact) mass is 545 g/mol.